The van der Waals surface area contributed by atoms with E-state index in [1.165, 1.54) is 0 Å². The number of hydrogen-bond donors (Lipinski definition) is 3. The summed E-state index contributed by atoms with van der Waals surface area (Å²) in [5.74, 6) is 0.0148. The van der Waals surface area contributed by atoms with Crippen molar-refractivity contribution in [2.45, 2.75) is 6.10 Å². The van der Waals surface area contributed by atoms with Crippen molar-refractivity contribution >= 4 is 34.4 Å². The summed E-state index contributed by atoms with van der Waals surface area (Å²) in [5, 5.41) is 15.2. The normalized spacial score (nSPS) is 11.5. The van der Waals surface area contributed by atoms with E-state index in [9.17, 15) is 14.7 Å². The molecule has 2 rings (SSSR count). The van der Waals surface area contributed by atoms with Crippen molar-refractivity contribution in [3.05, 3.63) is 63.2 Å². The minimum Gasteiger partial charge on any atom is -0.497 e. The van der Waals surface area contributed by atoms with Gasteiger partial charge in [-0.25, -0.2) is 0 Å². The van der Waals surface area contributed by atoms with Gasteiger partial charge in [0.15, 0.2) is 0 Å². The lowest BCUT2D eigenvalue weighted by Gasteiger charge is -2.13. The molecule has 1 unspecified atom stereocenters. The van der Waals surface area contributed by atoms with Gasteiger partial charge in [-0.15, -0.1) is 0 Å². The number of hydrogen-bond acceptors (Lipinski definition) is 4. The van der Waals surface area contributed by atoms with Crippen molar-refractivity contribution < 1.29 is 19.4 Å². The van der Waals surface area contributed by atoms with Gasteiger partial charge in [0.05, 0.1) is 25.3 Å². The second-order valence-corrected chi connectivity index (χ2v) is 6.42. The van der Waals surface area contributed by atoms with Crippen LogP contribution in [0.25, 0.3) is 0 Å². The molecule has 0 radical (unpaired) electrons. The van der Waals surface area contributed by atoms with E-state index in [0.29, 0.717) is 16.9 Å². The van der Waals surface area contributed by atoms with Gasteiger partial charge in [-0.3, -0.25) is 9.59 Å². The van der Waals surface area contributed by atoms with Gasteiger partial charge in [-0.2, -0.15) is 0 Å². The summed E-state index contributed by atoms with van der Waals surface area (Å²) in [7, 11) is 1.57. The molecule has 2 amide bonds. The molecule has 0 saturated carbocycles. The Balaban J connectivity index is 1.78. The molecule has 7 heteroatoms. The van der Waals surface area contributed by atoms with Crippen LogP contribution in [-0.2, 0) is 4.79 Å². The van der Waals surface area contributed by atoms with Crippen LogP contribution >= 0.6 is 22.6 Å². The van der Waals surface area contributed by atoms with Crippen LogP contribution in [-0.4, -0.2) is 37.1 Å². The number of aliphatic hydroxyl groups excluding tert-OH is 1. The van der Waals surface area contributed by atoms with E-state index in [0.717, 1.165) is 3.57 Å². The van der Waals surface area contributed by atoms with Crippen LogP contribution in [0.5, 0.6) is 5.75 Å². The van der Waals surface area contributed by atoms with Crippen LogP contribution in [0.1, 0.15) is 22.0 Å². The summed E-state index contributed by atoms with van der Waals surface area (Å²) in [5.41, 5.74) is 1.19. The zero-order chi connectivity index (χ0) is 18.2. The van der Waals surface area contributed by atoms with Crippen molar-refractivity contribution in [1.82, 2.24) is 10.6 Å². The molecule has 0 aromatic heterocycles. The SMILES string of the molecule is COc1ccc(C(O)CNC(=O)CNC(=O)c2ccccc2I)cc1. The molecule has 25 heavy (non-hydrogen) atoms. The number of aliphatic hydroxyl groups is 1. The van der Waals surface area contributed by atoms with Crippen molar-refractivity contribution in [2.75, 3.05) is 20.2 Å². The third-order valence-corrected chi connectivity index (χ3v) is 4.46. The first-order valence-corrected chi connectivity index (χ1v) is 8.70. The number of rotatable bonds is 7. The average Bonchev–Trinajstić information content (AvgIpc) is 2.64. The average molecular weight is 454 g/mol. The molecule has 0 bridgehead atoms. The lowest BCUT2D eigenvalue weighted by molar-refractivity contribution is -0.120. The molecule has 0 saturated heterocycles. The lowest BCUT2D eigenvalue weighted by Crippen LogP contribution is -2.38. The van der Waals surface area contributed by atoms with Gasteiger partial charge in [-0.05, 0) is 52.4 Å². The minimum absolute atomic E-state index is 0.0594. The molecule has 0 aliphatic carbocycles. The van der Waals surface area contributed by atoms with Crippen LogP contribution in [0, 0.1) is 3.57 Å². The molecule has 0 fully saturated rings. The number of benzene rings is 2. The first kappa shape index (κ1) is 19.2. The van der Waals surface area contributed by atoms with E-state index in [-0.39, 0.29) is 24.9 Å². The highest BCUT2D eigenvalue weighted by Crippen LogP contribution is 2.16. The van der Waals surface area contributed by atoms with E-state index < -0.39 is 6.10 Å². The van der Waals surface area contributed by atoms with Crippen LogP contribution in [0.2, 0.25) is 0 Å². The fourth-order valence-electron chi connectivity index (χ4n) is 2.12. The molecule has 3 N–H and O–H groups in total. The second kappa shape index (κ2) is 9.38. The number of carbonyl (C=O) groups is 2. The number of ether oxygens (including phenoxy) is 1. The van der Waals surface area contributed by atoms with E-state index in [1.807, 2.05) is 12.1 Å². The second-order valence-electron chi connectivity index (χ2n) is 5.26. The molecule has 0 heterocycles. The first-order chi connectivity index (χ1) is 12.0. The molecule has 2 aromatic rings. The molecule has 0 aliphatic rings. The van der Waals surface area contributed by atoms with E-state index in [1.54, 1.807) is 43.5 Å². The maximum absolute atomic E-state index is 12.0. The highest BCUT2D eigenvalue weighted by molar-refractivity contribution is 14.1. The summed E-state index contributed by atoms with van der Waals surface area (Å²) in [4.78, 5) is 23.9. The Kier molecular flexibility index (Phi) is 7.20. The summed E-state index contributed by atoms with van der Waals surface area (Å²) >= 11 is 2.07. The van der Waals surface area contributed by atoms with Gasteiger partial charge in [0, 0.05) is 10.1 Å². The Morgan fingerprint density at radius 1 is 1.12 bits per heavy atom. The third kappa shape index (κ3) is 5.71. The lowest BCUT2D eigenvalue weighted by atomic mass is 10.1. The maximum Gasteiger partial charge on any atom is 0.252 e. The summed E-state index contributed by atoms with van der Waals surface area (Å²) in [6.07, 6.45) is -0.833. The Morgan fingerprint density at radius 2 is 1.80 bits per heavy atom. The third-order valence-electron chi connectivity index (χ3n) is 3.52. The Morgan fingerprint density at radius 3 is 2.44 bits per heavy atom. The van der Waals surface area contributed by atoms with Crippen molar-refractivity contribution in [1.29, 1.82) is 0 Å². The van der Waals surface area contributed by atoms with Gasteiger partial charge in [0.1, 0.15) is 5.75 Å². The van der Waals surface area contributed by atoms with Gasteiger partial charge in [0.25, 0.3) is 5.91 Å². The number of methoxy groups -OCH3 is 1. The standard InChI is InChI=1S/C18H19IN2O4/c1-25-13-8-6-12(7-9-13)16(22)10-20-17(23)11-21-18(24)14-4-2-3-5-15(14)19/h2-9,16,22H,10-11H2,1H3,(H,20,23)(H,21,24). The van der Waals surface area contributed by atoms with Crippen LogP contribution in [0.3, 0.4) is 0 Å². The van der Waals surface area contributed by atoms with E-state index in [2.05, 4.69) is 33.2 Å². The Labute approximate surface area is 159 Å². The topological polar surface area (TPSA) is 87.7 Å². The first-order valence-electron chi connectivity index (χ1n) is 7.62. The fourth-order valence-corrected chi connectivity index (χ4v) is 2.75. The quantitative estimate of drug-likeness (QED) is 0.558. The zero-order valence-corrected chi connectivity index (χ0v) is 15.8. The fraction of sp³-hybridized carbons (Fsp3) is 0.222. The van der Waals surface area contributed by atoms with E-state index >= 15 is 0 Å². The van der Waals surface area contributed by atoms with Crippen LogP contribution in [0.4, 0.5) is 0 Å². The van der Waals surface area contributed by atoms with Gasteiger partial charge in [-0.1, -0.05) is 24.3 Å². The summed E-state index contributed by atoms with van der Waals surface area (Å²) in [6.45, 7) is -0.0942. The summed E-state index contributed by atoms with van der Waals surface area (Å²) < 4.78 is 5.87. The van der Waals surface area contributed by atoms with Gasteiger partial charge >= 0.3 is 0 Å². The molecule has 2 aromatic carbocycles. The molecule has 132 valence electrons. The minimum atomic E-state index is -0.833. The van der Waals surface area contributed by atoms with Crippen molar-refractivity contribution in [2.24, 2.45) is 0 Å². The van der Waals surface area contributed by atoms with Crippen molar-refractivity contribution in [3.63, 3.8) is 0 Å². The maximum atomic E-state index is 12.0. The predicted octanol–water partition coefficient (Wildman–Crippen LogP) is 1.88. The number of carbonyl (C=O) groups excluding carboxylic acids is 2. The molecule has 0 spiro atoms. The Bertz CT molecular complexity index is 734. The van der Waals surface area contributed by atoms with Gasteiger partial charge in [0.2, 0.25) is 5.91 Å². The molecular formula is C18H19IN2O4. The molecule has 0 aliphatic heterocycles. The van der Waals surface area contributed by atoms with Crippen LogP contribution < -0.4 is 15.4 Å². The number of amides is 2. The largest absolute Gasteiger partial charge is 0.497 e. The molecular weight excluding hydrogens is 435 g/mol. The van der Waals surface area contributed by atoms with Gasteiger partial charge < -0.3 is 20.5 Å². The number of nitrogens with one attached hydrogen (secondary N) is 2. The smallest absolute Gasteiger partial charge is 0.252 e. The highest BCUT2D eigenvalue weighted by Gasteiger charge is 2.12. The monoisotopic (exact) mass is 454 g/mol. The predicted molar refractivity (Wildman–Crippen MR) is 102 cm³/mol. The zero-order valence-electron chi connectivity index (χ0n) is 13.7. The molecule has 6 nitrogen and oxygen atoms in total. The molecule has 1 atom stereocenters. The van der Waals surface area contributed by atoms with E-state index in [4.69, 9.17) is 4.74 Å². The Hall–Kier alpha value is -2.13. The summed E-state index contributed by atoms with van der Waals surface area (Å²) in [6, 6.07) is 14.1. The highest BCUT2D eigenvalue weighted by atomic mass is 127. The number of halogens is 1. The van der Waals surface area contributed by atoms with Crippen molar-refractivity contribution in [3.8, 4) is 5.75 Å². The van der Waals surface area contributed by atoms with Crippen LogP contribution in [0.15, 0.2) is 48.5 Å².